The summed E-state index contributed by atoms with van der Waals surface area (Å²) >= 11 is 0. The maximum absolute atomic E-state index is 13.4. The van der Waals surface area contributed by atoms with Gasteiger partial charge in [-0.05, 0) is 24.6 Å². The molecule has 1 rings (SSSR count). The molecule has 1 aromatic carbocycles. The maximum atomic E-state index is 13.4. The molecule has 2 unspecified atom stereocenters. The minimum Gasteiger partial charge on any atom is -0.494 e. The molecular weight excluding hydrogens is 386 g/mol. The zero-order valence-corrected chi connectivity index (χ0v) is 15.5. The Bertz CT molecular complexity index is 569. The van der Waals surface area contributed by atoms with E-state index in [1.165, 1.54) is 12.1 Å². The molecule has 0 saturated heterocycles. The predicted molar refractivity (Wildman–Crippen MR) is 86.8 cm³/mol. The lowest BCUT2D eigenvalue weighted by Crippen LogP contribution is -2.03. The van der Waals surface area contributed by atoms with E-state index in [9.17, 15) is 27.1 Å². The molecule has 0 aliphatic heterocycles. The van der Waals surface area contributed by atoms with Crippen LogP contribution in [0.3, 0.4) is 0 Å². The number of carbonyl (C=O) groups is 2. The number of hydrogen-bond acceptors (Lipinski definition) is 5. The van der Waals surface area contributed by atoms with Crippen molar-refractivity contribution in [2.24, 2.45) is 0 Å². The van der Waals surface area contributed by atoms with E-state index in [1.54, 1.807) is 0 Å². The average molecular weight is 398 g/mol. The number of rotatable bonds is 10. The third-order valence-electron chi connectivity index (χ3n) is 2.65. The number of carbonyl (C=O) groups excluding carboxylic acids is 2. The molecular formula is C12H12F2O5P4. The van der Waals surface area contributed by atoms with Gasteiger partial charge in [0.15, 0.2) is 0 Å². The SMILES string of the molecule is CCCCOc1cc(C(=O)P(F)P=O)cc(C(=O)P(F)P=O)c1. The number of ether oxygens (including phenoxy) is 1. The van der Waals surface area contributed by atoms with Gasteiger partial charge < -0.3 is 4.74 Å². The molecule has 1 aromatic rings. The summed E-state index contributed by atoms with van der Waals surface area (Å²) in [4.78, 5) is 23.6. The highest BCUT2D eigenvalue weighted by Gasteiger charge is 2.26. The molecule has 0 aromatic heterocycles. The van der Waals surface area contributed by atoms with Gasteiger partial charge in [0.2, 0.25) is 27.3 Å². The number of hydrogen-bond donors (Lipinski definition) is 0. The van der Waals surface area contributed by atoms with Gasteiger partial charge >= 0.3 is 0 Å². The Balaban J connectivity index is 3.20. The Morgan fingerprint density at radius 2 is 1.52 bits per heavy atom. The number of halogens is 2. The monoisotopic (exact) mass is 398 g/mol. The molecule has 0 N–H and O–H groups in total. The van der Waals surface area contributed by atoms with Crippen LogP contribution in [0.2, 0.25) is 0 Å². The maximum Gasteiger partial charge on any atom is 0.250 e. The Morgan fingerprint density at radius 1 is 1.04 bits per heavy atom. The van der Waals surface area contributed by atoms with E-state index in [-0.39, 0.29) is 16.9 Å². The summed E-state index contributed by atoms with van der Waals surface area (Å²) < 4.78 is 53.1. The van der Waals surface area contributed by atoms with Crippen LogP contribution in [0.25, 0.3) is 0 Å². The van der Waals surface area contributed by atoms with Crippen LogP contribution < -0.4 is 4.74 Å². The van der Waals surface area contributed by atoms with Gasteiger partial charge in [-0.2, -0.15) is 0 Å². The highest BCUT2D eigenvalue weighted by atomic mass is 32.1. The van der Waals surface area contributed by atoms with Crippen LogP contribution in [0, 0.1) is 0 Å². The van der Waals surface area contributed by atoms with Crippen molar-refractivity contribution in [1.29, 1.82) is 0 Å². The lowest BCUT2D eigenvalue weighted by molar-refractivity contribution is 0.107. The van der Waals surface area contributed by atoms with E-state index in [1.807, 2.05) is 6.92 Å². The molecule has 0 fully saturated rings. The average Bonchev–Trinajstić information content (AvgIpc) is 2.58. The molecule has 0 aliphatic rings. The first kappa shape index (κ1) is 20.3. The Hall–Kier alpha value is -0.720. The van der Waals surface area contributed by atoms with Gasteiger partial charge in [0, 0.05) is 11.1 Å². The first-order chi connectivity index (χ1) is 10.9. The fourth-order valence-corrected chi connectivity index (χ4v) is 3.52. The smallest absolute Gasteiger partial charge is 0.250 e. The second-order valence-electron chi connectivity index (χ2n) is 4.24. The molecule has 2 atom stereocenters. The first-order valence-corrected chi connectivity index (χ1v) is 11.9. The molecule has 0 bridgehead atoms. The van der Waals surface area contributed by atoms with E-state index >= 15 is 0 Å². The molecule has 5 nitrogen and oxygen atoms in total. The summed E-state index contributed by atoms with van der Waals surface area (Å²) in [5.41, 5.74) is -2.56. The lowest BCUT2D eigenvalue weighted by Gasteiger charge is -2.10. The van der Waals surface area contributed by atoms with E-state index < -0.39 is 43.2 Å². The van der Waals surface area contributed by atoms with Crippen molar-refractivity contribution in [1.82, 2.24) is 0 Å². The van der Waals surface area contributed by atoms with Crippen LogP contribution in [0.1, 0.15) is 40.5 Å². The molecule has 0 spiro atoms. The van der Waals surface area contributed by atoms with Crippen molar-refractivity contribution in [3.05, 3.63) is 29.3 Å². The minimum atomic E-state index is -2.94. The highest BCUT2D eigenvalue weighted by molar-refractivity contribution is 8.22. The largest absolute Gasteiger partial charge is 0.494 e. The van der Waals surface area contributed by atoms with Gasteiger partial charge in [0.05, 0.1) is 6.61 Å². The van der Waals surface area contributed by atoms with Crippen molar-refractivity contribution in [3.8, 4) is 5.75 Å². The van der Waals surface area contributed by atoms with Crippen molar-refractivity contribution in [2.75, 3.05) is 6.61 Å². The van der Waals surface area contributed by atoms with Crippen LogP contribution in [0.15, 0.2) is 18.2 Å². The topological polar surface area (TPSA) is 77.5 Å². The van der Waals surface area contributed by atoms with E-state index in [4.69, 9.17) is 4.74 Å². The highest BCUT2D eigenvalue weighted by Crippen LogP contribution is 2.55. The van der Waals surface area contributed by atoms with Crippen molar-refractivity contribution >= 4 is 43.2 Å². The quantitative estimate of drug-likeness (QED) is 0.342. The van der Waals surface area contributed by atoms with Gasteiger partial charge in [0.1, 0.15) is 5.75 Å². The van der Waals surface area contributed by atoms with E-state index in [0.717, 1.165) is 12.5 Å². The normalized spacial score (nSPS) is 13.7. The summed E-state index contributed by atoms with van der Waals surface area (Å²) in [6.45, 7) is 2.24. The lowest BCUT2D eigenvalue weighted by atomic mass is 10.1. The van der Waals surface area contributed by atoms with Gasteiger partial charge in [-0.25, -0.2) is 8.39 Å². The van der Waals surface area contributed by atoms with Crippen LogP contribution in [0.5, 0.6) is 5.75 Å². The molecule has 124 valence electrons. The fourth-order valence-electron chi connectivity index (χ4n) is 1.55. The zero-order valence-electron chi connectivity index (χ0n) is 11.9. The van der Waals surface area contributed by atoms with Crippen LogP contribution >= 0.6 is 32.1 Å². The van der Waals surface area contributed by atoms with Gasteiger partial charge in [-0.3, -0.25) is 18.7 Å². The van der Waals surface area contributed by atoms with Crippen molar-refractivity contribution < 1.29 is 31.8 Å². The summed E-state index contributed by atoms with van der Waals surface area (Å²) in [7, 11) is -7.77. The van der Waals surface area contributed by atoms with Gasteiger partial charge in [-0.15, -0.1) is 0 Å². The summed E-state index contributed by atoms with van der Waals surface area (Å²) in [5.74, 6) is 0.101. The molecule has 0 radical (unpaired) electrons. The predicted octanol–water partition coefficient (Wildman–Crippen LogP) is 6.29. The second kappa shape index (κ2) is 10.2. The minimum absolute atomic E-state index is 0.101. The Kier molecular flexibility index (Phi) is 9.02. The summed E-state index contributed by atoms with van der Waals surface area (Å²) in [6.07, 6.45) is 1.56. The van der Waals surface area contributed by atoms with Crippen LogP contribution in [-0.2, 0) is 9.13 Å². The molecule has 23 heavy (non-hydrogen) atoms. The molecule has 0 aliphatic carbocycles. The number of benzene rings is 1. The Morgan fingerprint density at radius 3 is 1.91 bits per heavy atom. The standard InChI is InChI=1S/C12H12F2O5P4/c1-2-3-4-19-10-6-8(11(15)22(13)20-17)5-9(7-10)12(16)23(14)21-18/h5-7H,2-4H2,1H3. The second-order valence-corrected chi connectivity index (χ2v) is 9.51. The molecule has 0 saturated carbocycles. The Labute approximate surface area is 137 Å². The molecule has 11 heteroatoms. The van der Waals surface area contributed by atoms with Crippen LogP contribution in [0.4, 0.5) is 8.39 Å². The van der Waals surface area contributed by atoms with E-state index in [2.05, 4.69) is 0 Å². The zero-order chi connectivity index (χ0) is 17.4. The van der Waals surface area contributed by atoms with E-state index in [0.29, 0.717) is 13.0 Å². The fraction of sp³-hybridized carbons (Fsp3) is 0.333. The van der Waals surface area contributed by atoms with Crippen molar-refractivity contribution in [3.63, 3.8) is 0 Å². The molecule has 0 heterocycles. The third kappa shape index (κ3) is 6.01. The summed E-state index contributed by atoms with van der Waals surface area (Å²) in [6, 6.07) is 3.42. The van der Waals surface area contributed by atoms with Gasteiger partial charge in [-0.1, -0.05) is 13.3 Å². The van der Waals surface area contributed by atoms with Crippen LogP contribution in [-0.4, -0.2) is 17.7 Å². The number of unbranched alkanes of at least 4 members (excludes halogenated alkanes) is 1. The van der Waals surface area contributed by atoms with Crippen molar-refractivity contribution in [2.45, 2.75) is 19.8 Å². The first-order valence-electron chi connectivity index (χ1n) is 6.39. The molecule has 0 amide bonds. The van der Waals surface area contributed by atoms with Gasteiger partial charge in [0.25, 0.3) is 15.8 Å². The third-order valence-corrected chi connectivity index (χ3v) is 6.07. The summed E-state index contributed by atoms with van der Waals surface area (Å²) in [5, 5.41) is 0.